The SMILES string of the molecule is CC(C)CC(CO)(CO)N(CCO)CC(O)C(O)S(=O)(=O)O. The van der Waals surface area contributed by atoms with E-state index in [9.17, 15) is 28.8 Å². The molecule has 9 nitrogen and oxygen atoms in total. The van der Waals surface area contributed by atoms with Gasteiger partial charge in [-0.1, -0.05) is 13.8 Å². The van der Waals surface area contributed by atoms with Gasteiger partial charge in [0, 0.05) is 13.1 Å². The summed E-state index contributed by atoms with van der Waals surface area (Å²) in [6.45, 7) is 1.82. The van der Waals surface area contributed by atoms with Gasteiger partial charge in [0.25, 0.3) is 10.1 Å². The van der Waals surface area contributed by atoms with Gasteiger partial charge >= 0.3 is 0 Å². The molecule has 0 aromatic rings. The Morgan fingerprint density at radius 3 is 1.91 bits per heavy atom. The van der Waals surface area contributed by atoms with E-state index in [1.807, 2.05) is 13.8 Å². The molecule has 0 rings (SSSR count). The molecule has 0 saturated carbocycles. The van der Waals surface area contributed by atoms with Crippen LogP contribution in [0.15, 0.2) is 0 Å². The number of aliphatic hydroxyl groups is 5. The quantitative estimate of drug-likeness (QED) is 0.225. The number of β-amino-alcohol motifs (C(OH)–C–C–N with tert-alkyl or cyclic N) is 2. The zero-order valence-electron chi connectivity index (χ0n) is 12.8. The van der Waals surface area contributed by atoms with Crippen LogP contribution in [0, 0.1) is 5.92 Å². The fourth-order valence-corrected chi connectivity index (χ4v) is 2.91. The molecule has 0 spiro atoms. The maximum Gasteiger partial charge on any atom is 0.294 e. The molecule has 0 aromatic carbocycles. The van der Waals surface area contributed by atoms with Crippen molar-refractivity contribution in [3.05, 3.63) is 0 Å². The molecule has 0 fully saturated rings. The molecule has 0 aromatic heterocycles. The van der Waals surface area contributed by atoms with Crippen LogP contribution in [0.25, 0.3) is 0 Å². The lowest BCUT2D eigenvalue weighted by Crippen LogP contribution is -2.59. The first-order valence-electron chi connectivity index (χ1n) is 6.94. The average Bonchev–Trinajstić information content (AvgIpc) is 2.42. The monoisotopic (exact) mass is 345 g/mol. The molecular weight excluding hydrogens is 318 g/mol. The van der Waals surface area contributed by atoms with Crippen LogP contribution in [-0.2, 0) is 10.1 Å². The van der Waals surface area contributed by atoms with Gasteiger partial charge in [0.15, 0.2) is 0 Å². The maximum atomic E-state index is 10.9. The first-order chi connectivity index (χ1) is 10.0. The first kappa shape index (κ1) is 21.7. The van der Waals surface area contributed by atoms with Gasteiger partial charge in [0.2, 0.25) is 5.44 Å². The van der Waals surface area contributed by atoms with Gasteiger partial charge in [-0.2, -0.15) is 8.42 Å². The fourth-order valence-electron chi connectivity index (χ4n) is 2.43. The molecule has 10 heteroatoms. The Bertz CT molecular complexity index is 409. The second-order valence-electron chi connectivity index (χ2n) is 5.78. The van der Waals surface area contributed by atoms with E-state index in [0.717, 1.165) is 0 Å². The Morgan fingerprint density at radius 2 is 1.59 bits per heavy atom. The van der Waals surface area contributed by atoms with Gasteiger partial charge in [0.05, 0.1) is 25.4 Å². The summed E-state index contributed by atoms with van der Waals surface area (Å²) in [5.74, 6) is 0.0594. The molecule has 2 unspecified atom stereocenters. The summed E-state index contributed by atoms with van der Waals surface area (Å²) in [5, 5.41) is 47.5. The molecule has 0 radical (unpaired) electrons. The highest BCUT2D eigenvalue weighted by molar-refractivity contribution is 7.86. The van der Waals surface area contributed by atoms with Crippen molar-refractivity contribution in [1.82, 2.24) is 4.90 Å². The zero-order chi connectivity index (χ0) is 17.6. The second-order valence-corrected chi connectivity index (χ2v) is 7.29. The van der Waals surface area contributed by atoms with Crippen molar-refractivity contribution in [2.24, 2.45) is 5.92 Å². The van der Waals surface area contributed by atoms with Gasteiger partial charge in [-0.25, -0.2) is 0 Å². The lowest BCUT2D eigenvalue weighted by atomic mass is 9.88. The molecular formula is C12H27NO8S. The van der Waals surface area contributed by atoms with Crippen molar-refractivity contribution in [3.63, 3.8) is 0 Å². The van der Waals surface area contributed by atoms with Crippen molar-refractivity contribution in [3.8, 4) is 0 Å². The number of rotatable bonds is 11. The highest BCUT2D eigenvalue weighted by Crippen LogP contribution is 2.24. The lowest BCUT2D eigenvalue weighted by molar-refractivity contribution is -0.0632. The Morgan fingerprint density at radius 1 is 1.09 bits per heavy atom. The number of aliphatic hydroxyl groups excluding tert-OH is 5. The Labute approximate surface area is 130 Å². The summed E-state index contributed by atoms with van der Waals surface area (Å²) in [6.07, 6.45) is -1.56. The van der Waals surface area contributed by atoms with E-state index in [4.69, 9.17) is 9.66 Å². The predicted octanol–water partition coefficient (Wildman–Crippen LogP) is -2.38. The van der Waals surface area contributed by atoms with Crippen molar-refractivity contribution in [1.29, 1.82) is 0 Å². The summed E-state index contributed by atoms with van der Waals surface area (Å²) in [4.78, 5) is 1.31. The molecule has 0 aliphatic rings. The van der Waals surface area contributed by atoms with Crippen LogP contribution in [0.4, 0.5) is 0 Å². The Kier molecular flexibility index (Phi) is 8.95. The third-order valence-electron chi connectivity index (χ3n) is 3.46. The van der Waals surface area contributed by atoms with Gasteiger partial charge in [-0.3, -0.25) is 9.45 Å². The fraction of sp³-hybridized carbons (Fsp3) is 1.00. The highest BCUT2D eigenvalue weighted by atomic mass is 32.2. The molecule has 22 heavy (non-hydrogen) atoms. The van der Waals surface area contributed by atoms with Crippen LogP contribution in [-0.4, -0.2) is 93.4 Å². The summed E-state index contributed by atoms with van der Waals surface area (Å²) >= 11 is 0. The van der Waals surface area contributed by atoms with Gasteiger partial charge in [-0.15, -0.1) is 0 Å². The van der Waals surface area contributed by atoms with Gasteiger partial charge < -0.3 is 25.5 Å². The number of nitrogens with zero attached hydrogens (tertiary/aromatic N) is 1. The molecule has 0 aliphatic carbocycles. The molecule has 0 amide bonds. The molecule has 0 aliphatic heterocycles. The minimum atomic E-state index is -4.85. The summed E-state index contributed by atoms with van der Waals surface area (Å²) in [5.41, 5.74) is -3.61. The zero-order valence-corrected chi connectivity index (χ0v) is 13.6. The Hall–Kier alpha value is -0.330. The van der Waals surface area contributed by atoms with Crippen molar-refractivity contribution < 1.29 is 38.5 Å². The van der Waals surface area contributed by atoms with Crippen LogP contribution >= 0.6 is 0 Å². The van der Waals surface area contributed by atoms with E-state index in [1.165, 1.54) is 4.90 Å². The maximum absolute atomic E-state index is 10.9. The van der Waals surface area contributed by atoms with Crippen LogP contribution < -0.4 is 0 Å². The minimum Gasteiger partial charge on any atom is -0.395 e. The minimum absolute atomic E-state index is 0.0594. The predicted molar refractivity (Wildman–Crippen MR) is 78.6 cm³/mol. The van der Waals surface area contributed by atoms with Crippen LogP contribution in [0.1, 0.15) is 20.3 Å². The van der Waals surface area contributed by atoms with E-state index >= 15 is 0 Å². The Balaban J connectivity index is 5.32. The van der Waals surface area contributed by atoms with Gasteiger partial charge in [-0.05, 0) is 12.3 Å². The largest absolute Gasteiger partial charge is 0.395 e. The molecule has 0 bridgehead atoms. The van der Waals surface area contributed by atoms with Crippen LogP contribution in [0.3, 0.4) is 0 Å². The molecule has 0 heterocycles. The first-order valence-corrected chi connectivity index (χ1v) is 8.44. The van der Waals surface area contributed by atoms with Gasteiger partial charge in [0.1, 0.15) is 6.10 Å². The summed E-state index contributed by atoms with van der Waals surface area (Å²) in [6, 6.07) is 0. The third-order valence-corrected chi connectivity index (χ3v) is 4.38. The number of hydrogen-bond acceptors (Lipinski definition) is 8. The van der Waals surface area contributed by atoms with Crippen LogP contribution in [0.2, 0.25) is 0 Å². The van der Waals surface area contributed by atoms with E-state index < -0.39 is 47.0 Å². The molecule has 2 atom stereocenters. The van der Waals surface area contributed by atoms with E-state index in [0.29, 0.717) is 6.42 Å². The summed E-state index contributed by atoms with van der Waals surface area (Å²) in [7, 11) is -4.85. The van der Waals surface area contributed by atoms with Crippen LogP contribution in [0.5, 0.6) is 0 Å². The standard InChI is InChI=1S/C12H27NO8S/c1-9(2)5-12(7-15,8-16)13(3-4-14)6-10(17)11(18)22(19,20)21/h9-11,14-18H,3-8H2,1-2H3,(H,19,20,21). The van der Waals surface area contributed by atoms with E-state index in [-0.39, 0.29) is 19.1 Å². The average molecular weight is 345 g/mol. The lowest BCUT2D eigenvalue weighted by Gasteiger charge is -2.43. The second kappa shape index (κ2) is 9.08. The number of hydrogen-bond donors (Lipinski definition) is 6. The smallest absolute Gasteiger partial charge is 0.294 e. The topological polar surface area (TPSA) is 159 Å². The molecule has 6 N–H and O–H groups in total. The summed E-state index contributed by atoms with van der Waals surface area (Å²) < 4.78 is 30.5. The van der Waals surface area contributed by atoms with Crippen molar-refractivity contribution >= 4 is 10.1 Å². The van der Waals surface area contributed by atoms with E-state index in [1.54, 1.807) is 0 Å². The molecule has 0 saturated heterocycles. The van der Waals surface area contributed by atoms with Crippen molar-refractivity contribution in [2.75, 3.05) is 32.9 Å². The van der Waals surface area contributed by atoms with E-state index in [2.05, 4.69) is 0 Å². The third kappa shape index (κ3) is 6.05. The normalized spacial score (nSPS) is 16.3. The molecule has 134 valence electrons. The van der Waals surface area contributed by atoms with Crippen molar-refractivity contribution in [2.45, 2.75) is 37.3 Å². The highest BCUT2D eigenvalue weighted by Gasteiger charge is 2.39.